The van der Waals surface area contributed by atoms with Crippen LogP contribution in [0.25, 0.3) is 10.8 Å². The van der Waals surface area contributed by atoms with Crippen molar-refractivity contribution in [3.05, 3.63) is 64.6 Å². The normalized spacial score (nSPS) is 10.5. The third-order valence-electron chi connectivity index (χ3n) is 4.12. The number of benzene rings is 3. The zero-order valence-corrected chi connectivity index (χ0v) is 16.7. The fourth-order valence-corrected chi connectivity index (χ4v) is 3.32. The van der Waals surface area contributed by atoms with Crippen molar-refractivity contribution < 1.29 is 19.0 Å². The number of methoxy groups -OCH3 is 2. The number of amides is 1. The SMILES string of the molecule is COc1ccc(CNC(=O)COc2ccc3ccccc3c2Br)cc1OC. The summed E-state index contributed by atoms with van der Waals surface area (Å²) < 4.78 is 17.0. The van der Waals surface area contributed by atoms with Crippen molar-refractivity contribution in [2.24, 2.45) is 0 Å². The minimum Gasteiger partial charge on any atom is -0.493 e. The van der Waals surface area contributed by atoms with E-state index >= 15 is 0 Å². The van der Waals surface area contributed by atoms with Gasteiger partial charge in [0.25, 0.3) is 5.91 Å². The van der Waals surface area contributed by atoms with Gasteiger partial charge in [0.1, 0.15) is 5.75 Å². The van der Waals surface area contributed by atoms with Gasteiger partial charge in [-0.25, -0.2) is 0 Å². The molecule has 6 heteroatoms. The molecular formula is C21H20BrNO4. The second-order valence-corrected chi connectivity index (χ2v) is 6.65. The van der Waals surface area contributed by atoms with Gasteiger partial charge in [0.2, 0.25) is 0 Å². The van der Waals surface area contributed by atoms with E-state index in [9.17, 15) is 4.79 Å². The van der Waals surface area contributed by atoms with Gasteiger partial charge < -0.3 is 19.5 Å². The molecule has 0 spiro atoms. The van der Waals surface area contributed by atoms with Crippen LogP contribution >= 0.6 is 15.9 Å². The Morgan fingerprint density at radius 3 is 2.48 bits per heavy atom. The van der Waals surface area contributed by atoms with Gasteiger partial charge in [0, 0.05) is 6.54 Å². The lowest BCUT2D eigenvalue weighted by molar-refractivity contribution is -0.123. The topological polar surface area (TPSA) is 56.8 Å². The van der Waals surface area contributed by atoms with Crippen LogP contribution in [0, 0.1) is 0 Å². The predicted octanol–water partition coefficient (Wildman–Crippen LogP) is 4.31. The molecule has 0 aliphatic rings. The zero-order chi connectivity index (χ0) is 19.2. The number of hydrogen-bond donors (Lipinski definition) is 1. The molecule has 0 bridgehead atoms. The molecule has 1 amide bonds. The summed E-state index contributed by atoms with van der Waals surface area (Å²) in [5.41, 5.74) is 0.910. The number of rotatable bonds is 7. The second kappa shape index (κ2) is 8.77. The average molecular weight is 430 g/mol. The Balaban J connectivity index is 1.58. The van der Waals surface area contributed by atoms with Crippen molar-refractivity contribution in [3.63, 3.8) is 0 Å². The van der Waals surface area contributed by atoms with Crippen LogP contribution in [0.2, 0.25) is 0 Å². The molecule has 0 aromatic heterocycles. The molecule has 0 atom stereocenters. The van der Waals surface area contributed by atoms with Gasteiger partial charge >= 0.3 is 0 Å². The first-order valence-electron chi connectivity index (χ1n) is 8.40. The van der Waals surface area contributed by atoms with Gasteiger partial charge in [-0.3, -0.25) is 4.79 Å². The molecule has 0 aliphatic carbocycles. The van der Waals surface area contributed by atoms with E-state index in [1.54, 1.807) is 14.2 Å². The van der Waals surface area contributed by atoms with Crippen molar-refractivity contribution in [2.75, 3.05) is 20.8 Å². The predicted molar refractivity (Wildman–Crippen MR) is 109 cm³/mol. The first-order chi connectivity index (χ1) is 13.1. The largest absolute Gasteiger partial charge is 0.493 e. The highest BCUT2D eigenvalue weighted by Crippen LogP contribution is 2.33. The summed E-state index contributed by atoms with van der Waals surface area (Å²) in [7, 11) is 3.16. The first kappa shape index (κ1) is 19.0. The van der Waals surface area contributed by atoms with E-state index in [2.05, 4.69) is 21.2 Å². The van der Waals surface area contributed by atoms with Crippen molar-refractivity contribution in [1.29, 1.82) is 0 Å². The standard InChI is InChI=1S/C21H20BrNO4/c1-25-17-9-7-14(11-19(17)26-2)12-23-20(24)13-27-18-10-8-15-5-3-4-6-16(15)21(18)22/h3-11H,12-13H2,1-2H3,(H,23,24). The van der Waals surface area contributed by atoms with E-state index in [0.717, 1.165) is 20.8 Å². The Kier molecular flexibility index (Phi) is 6.19. The summed E-state index contributed by atoms with van der Waals surface area (Å²) in [5.74, 6) is 1.71. The third-order valence-corrected chi connectivity index (χ3v) is 4.94. The number of ether oxygens (including phenoxy) is 3. The molecule has 0 unspecified atom stereocenters. The molecule has 3 aromatic carbocycles. The molecule has 0 heterocycles. The van der Waals surface area contributed by atoms with Crippen LogP contribution in [0.3, 0.4) is 0 Å². The number of carbonyl (C=O) groups excluding carboxylic acids is 1. The quantitative estimate of drug-likeness (QED) is 0.607. The maximum atomic E-state index is 12.1. The summed E-state index contributed by atoms with van der Waals surface area (Å²) in [6.07, 6.45) is 0. The number of carbonyl (C=O) groups is 1. The minimum atomic E-state index is -0.204. The van der Waals surface area contributed by atoms with Gasteiger partial charge in [0.15, 0.2) is 18.1 Å². The lowest BCUT2D eigenvalue weighted by Gasteiger charge is -2.12. The van der Waals surface area contributed by atoms with Crippen LogP contribution in [0.5, 0.6) is 17.2 Å². The molecule has 5 nitrogen and oxygen atoms in total. The molecular weight excluding hydrogens is 410 g/mol. The molecule has 0 saturated heterocycles. The van der Waals surface area contributed by atoms with E-state index in [1.165, 1.54) is 0 Å². The summed E-state index contributed by atoms with van der Waals surface area (Å²) in [6, 6.07) is 17.3. The van der Waals surface area contributed by atoms with E-state index in [0.29, 0.717) is 23.8 Å². The van der Waals surface area contributed by atoms with Crippen LogP contribution in [0.15, 0.2) is 59.1 Å². The molecule has 3 rings (SSSR count). The molecule has 0 fully saturated rings. The summed E-state index contributed by atoms with van der Waals surface area (Å²) in [5, 5.41) is 4.99. The van der Waals surface area contributed by atoms with Crippen molar-refractivity contribution in [1.82, 2.24) is 5.32 Å². The number of halogens is 1. The summed E-state index contributed by atoms with van der Waals surface area (Å²) in [4.78, 5) is 12.1. The van der Waals surface area contributed by atoms with Gasteiger partial charge in [-0.05, 0) is 50.5 Å². The smallest absolute Gasteiger partial charge is 0.258 e. The molecule has 3 aromatic rings. The first-order valence-corrected chi connectivity index (χ1v) is 9.19. The molecule has 0 aliphatic heterocycles. The van der Waals surface area contributed by atoms with Crippen molar-refractivity contribution in [3.8, 4) is 17.2 Å². The lowest BCUT2D eigenvalue weighted by atomic mass is 10.1. The Hall–Kier alpha value is -2.73. The maximum absolute atomic E-state index is 12.1. The Bertz CT molecular complexity index is 958. The summed E-state index contributed by atoms with van der Waals surface area (Å²) >= 11 is 3.55. The van der Waals surface area contributed by atoms with Gasteiger partial charge in [-0.2, -0.15) is 0 Å². The van der Waals surface area contributed by atoms with Crippen LogP contribution in [-0.4, -0.2) is 26.7 Å². The highest BCUT2D eigenvalue weighted by Gasteiger charge is 2.09. The number of hydrogen-bond acceptors (Lipinski definition) is 4. The Labute approximate surface area is 166 Å². The van der Waals surface area contributed by atoms with E-state index in [1.807, 2.05) is 54.6 Å². The molecule has 1 N–H and O–H groups in total. The zero-order valence-electron chi connectivity index (χ0n) is 15.1. The van der Waals surface area contributed by atoms with Crippen LogP contribution < -0.4 is 19.5 Å². The molecule has 0 saturated carbocycles. The van der Waals surface area contributed by atoms with E-state index < -0.39 is 0 Å². The second-order valence-electron chi connectivity index (χ2n) is 5.85. The van der Waals surface area contributed by atoms with Crippen molar-refractivity contribution >= 4 is 32.6 Å². The fraction of sp³-hybridized carbons (Fsp3) is 0.190. The van der Waals surface area contributed by atoms with Crippen LogP contribution in [0.4, 0.5) is 0 Å². The number of nitrogens with one attached hydrogen (secondary N) is 1. The van der Waals surface area contributed by atoms with E-state index in [4.69, 9.17) is 14.2 Å². The number of fused-ring (bicyclic) bond motifs is 1. The lowest BCUT2D eigenvalue weighted by Crippen LogP contribution is -2.28. The maximum Gasteiger partial charge on any atom is 0.258 e. The Morgan fingerprint density at radius 1 is 0.963 bits per heavy atom. The fourth-order valence-electron chi connectivity index (χ4n) is 2.71. The van der Waals surface area contributed by atoms with Gasteiger partial charge in [-0.1, -0.05) is 36.4 Å². The molecule has 27 heavy (non-hydrogen) atoms. The van der Waals surface area contributed by atoms with Gasteiger partial charge in [-0.15, -0.1) is 0 Å². The minimum absolute atomic E-state index is 0.0652. The van der Waals surface area contributed by atoms with E-state index in [-0.39, 0.29) is 12.5 Å². The molecule has 140 valence electrons. The highest BCUT2D eigenvalue weighted by molar-refractivity contribution is 9.10. The van der Waals surface area contributed by atoms with Crippen LogP contribution in [0.1, 0.15) is 5.56 Å². The average Bonchev–Trinajstić information content (AvgIpc) is 2.71. The summed E-state index contributed by atoms with van der Waals surface area (Å²) in [6.45, 7) is 0.311. The monoisotopic (exact) mass is 429 g/mol. The third kappa shape index (κ3) is 4.52. The molecule has 0 radical (unpaired) electrons. The van der Waals surface area contributed by atoms with Crippen LogP contribution in [-0.2, 0) is 11.3 Å². The Morgan fingerprint density at radius 2 is 1.70 bits per heavy atom. The highest BCUT2D eigenvalue weighted by atomic mass is 79.9. The van der Waals surface area contributed by atoms with Crippen molar-refractivity contribution in [2.45, 2.75) is 6.54 Å². The van der Waals surface area contributed by atoms with Gasteiger partial charge in [0.05, 0.1) is 18.7 Å².